The second-order valence-electron chi connectivity index (χ2n) is 8.64. The van der Waals surface area contributed by atoms with Crippen molar-refractivity contribution in [1.82, 2.24) is 30.2 Å². The minimum absolute atomic E-state index is 0.0139. The lowest BCUT2D eigenvalue weighted by atomic mass is 9.84. The first kappa shape index (κ1) is 24.2. The van der Waals surface area contributed by atoms with Gasteiger partial charge in [0.05, 0.1) is 7.11 Å². The quantitative estimate of drug-likeness (QED) is 0.495. The van der Waals surface area contributed by atoms with Crippen LogP contribution in [0.15, 0.2) is 30.6 Å². The second-order valence-corrected chi connectivity index (χ2v) is 8.64. The smallest absolute Gasteiger partial charge is 0.328 e. The topological polar surface area (TPSA) is 128 Å². The van der Waals surface area contributed by atoms with Crippen LogP contribution in [0.2, 0.25) is 0 Å². The molecule has 0 aliphatic heterocycles. The van der Waals surface area contributed by atoms with Gasteiger partial charge in [-0.3, -0.25) is 9.59 Å². The van der Waals surface area contributed by atoms with Crippen molar-refractivity contribution in [3.8, 4) is 0 Å². The van der Waals surface area contributed by atoms with Crippen LogP contribution in [0, 0.1) is 18.7 Å². The van der Waals surface area contributed by atoms with Crippen LogP contribution in [0.5, 0.6) is 0 Å². The van der Waals surface area contributed by atoms with Gasteiger partial charge in [0.15, 0.2) is 0 Å². The van der Waals surface area contributed by atoms with Gasteiger partial charge in [-0.2, -0.15) is 14.6 Å². The average molecular weight is 483 g/mol. The molecular weight excluding hydrogens is 455 g/mol. The highest BCUT2D eigenvalue weighted by atomic mass is 19.1. The Labute approximate surface area is 201 Å². The number of fused-ring (bicyclic) bond motifs is 1. The number of carbonyl (C=O) groups is 3. The molecular formula is C24H27FN6O4. The van der Waals surface area contributed by atoms with E-state index in [2.05, 4.69) is 25.7 Å². The number of aryl methyl sites for hydroxylation is 1. The fourth-order valence-electron chi connectivity index (χ4n) is 4.36. The highest BCUT2D eigenvalue weighted by molar-refractivity contribution is 5.99. The SMILES string of the molecule is COC(=O)[C@@H](NC(=O)c1cc(C(=O)NCc2ccc(F)c(C)c2)nc2ncnn12)C1CCCCC1. The molecule has 2 N–H and O–H groups in total. The molecule has 1 aliphatic carbocycles. The zero-order chi connectivity index (χ0) is 24.9. The van der Waals surface area contributed by atoms with Crippen LogP contribution in [0.3, 0.4) is 0 Å². The van der Waals surface area contributed by atoms with E-state index < -0.39 is 23.8 Å². The Morgan fingerprint density at radius 3 is 2.66 bits per heavy atom. The summed E-state index contributed by atoms with van der Waals surface area (Å²) in [6.07, 6.45) is 5.90. The van der Waals surface area contributed by atoms with E-state index in [1.165, 1.54) is 30.1 Å². The number of nitrogens with zero attached hydrogens (tertiary/aromatic N) is 4. The zero-order valence-electron chi connectivity index (χ0n) is 19.6. The summed E-state index contributed by atoms with van der Waals surface area (Å²) < 4.78 is 19.7. The number of carbonyl (C=O) groups excluding carboxylic acids is 3. The number of rotatable bonds is 7. The molecule has 0 radical (unpaired) electrons. The minimum atomic E-state index is -0.807. The third-order valence-corrected chi connectivity index (χ3v) is 6.26. The van der Waals surface area contributed by atoms with Crippen LogP contribution in [0.25, 0.3) is 5.78 Å². The van der Waals surface area contributed by atoms with E-state index in [0.717, 1.165) is 32.1 Å². The number of ether oxygens (including phenoxy) is 1. The molecule has 11 heteroatoms. The van der Waals surface area contributed by atoms with Crippen molar-refractivity contribution in [2.45, 2.75) is 51.6 Å². The standard InChI is InChI=1S/C24H27FN6O4/c1-14-10-15(8-9-17(14)25)12-26-21(32)18-11-19(31-24(29-18)27-13-28-31)22(33)30-20(23(34)35-2)16-6-4-3-5-7-16/h8-11,13,16,20H,3-7,12H2,1-2H3,(H,26,32)(H,30,33)/t20-/m0/s1. The minimum Gasteiger partial charge on any atom is -0.467 e. The number of hydrogen-bond donors (Lipinski definition) is 2. The summed E-state index contributed by atoms with van der Waals surface area (Å²) in [5.74, 6) is -1.94. The molecule has 35 heavy (non-hydrogen) atoms. The molecule has 0 unspecified atom stereocenters. The number of benzene rings is 1. The second kappa shape index (κ2) is 10.6. The van der Waals surface area contributed by atoms with Gasteiger partial charge in [0.1, 0.15) is 29.6 Å². The number of hydrogen-bond acceptors (Lipinski definition) is 7. The van der Waals surface area contributed by atoms with Crippen molar-refractivity contribution in [2.24, 2.45) is 5.92 Å². The van der Waals surface area contributed by atoms with Crippen molar-refractivity contribution >= 4 is 23.6 Å². The Morgan fingerprint density at radius 1 is 1.17 bits per heavy atom. The molecule has 1 atom stereocenters. The molecule has 0 saturated heterocycles. The van der Waals surface area contributed by atoms with Gasteiger partial charge in [-0.05, 0) is 42.9 Å². The molecule has 2 amide bonds. The molecule has 184 valence electrons. The van der Waals surface area contributed by atoms with Gasteiger partial charge in [-0.15, -0.1) is 0 Å². The first-order valence-electron chi connectivity index (χ1n) is 11.5. The lowest BCUT2D eigenvalue weighted by molar-refractivity contribution is -0.144. The third kappa shape index (κ3) is 5.44. The van der Waals surface area contributed by atoms with Crippen LogP contribution in [-0.2, 0) is 16.1 Å². The fourth-order valence-corrected chi connectivity index (χ4v) is 4.36. The van der Waals surface area contributed by atoms with E-state index in [1.54, 1.807) is 19.1 Å². The summed E-state index contributed by atoms with van der Waals surface area (Å²) in [7, 11) is 1.29. The summed E-state index contributed by atoms with van der Waals surface area (Å²) >= 11 is 0. The van der Waals surface area contributed by atoms with Crippen molar-refractivity contribution in [2.75, 3.05) is 7.11 Å². The summed E-state index contributed by atoms with van der Waals surface area (Å²) in [6, 6.07) is 5.05. The highest BCUT2D eigenvalue weighted by Crippen LogP contribution is 2.27. The fraction of sp³-hybridized carbons (Fsp3) is 0.417. The lowest BCUT2D eigenvalue weighted by Gasteiger charge is -2.29. The van der Waals surface area contributed by atoms with E-state index in [4.69, 9.17) is 4.74 Å². The van der Waals surface area contributed by atoms with Crippen LogP contribution >= 0.6 is 0 Å². The number of nitrogens with one attached hydrogen (secondary N) is 2. The summed E-state index contributed by atoms with van der Waals surface area (Å²) in [5, 5.41) is 9.53. The van der Waals surface area contributed by atoms with Crippen LogP contribution in [0.1, 0.15) is 64.2 Å². The maximum Gasteiger partial charge on any atom is 0.328 e. The summed E-state index contributed by atoms with van der Waals surface area (Å²) in [6.45, 7) is 1.79. The van der Waals surface area contributed by atoms with Gasteiger partial charge >= 0.3 is 5.97 Å². The van der Waals surface area contributed by atoms with E-state index in [0.29, 0.717) is 11.1 Å². The van der Waals surface area contributed by atoms with Gasteiger partial charge < -0.3 is 15.4 Å². The maximum absolute atomic E-state index is 13.5. The van der Waals surface area contributed by atoms with Gasteiger partial charge in [0.2, 0.25) is 0 Å². The van der Waals surface area contributed by atoms with Gasteiger partial charge in [-0.25, -0.2) is 14.2 Å². The Bertz CT molecular complexity index is 1250. The van der Waals surface area contributed by atoms with E-state index in [-0.39, 0.29) is 35.4 Å². The van der Waals surface area contributed by atoms with Crippen molar-refractivity contribution in [3.05, 3.63) is 58.9 Å². The molecule has 1 saturated carbocycles. The number of esters is 1. The predicted molar refractivity (Wildman–Crippen MR) is 123 cm³/mol. The highest BCUT2D eigenvalue weighted by Gasteiger charge is 2.33. The Morgan fingerprint density at radius 2 is 1.94 bits per heavy atom. The normalized spacial score (nSPS) is 14.9. The van der Waals surface area contributed by atoms with Crippen LogP contribution < -0.4 is 10.6 Å². The number of halogens is 1. The number of methoxy groups -OCH3 is 1. The Hall–Kier alpha value is -3.89. The molecule has 1 fully saturated rings. The molecule has 1 aliphatic rings. The molecule has 1 aromatic carbocycles. The molecule has 0 bridgehead atoms. The van der Waals surface area contributed by atoms with Gasteiger partial charge in [0, 0.05) is 12.6 Å². The lowest BCUT2D eigenvalue weighted by Crippen LogP contribution is -2.47. The predicted octanol–water partition coefficient (Wildman–Crippen LogP) is 2.35. The zero-order valence-corrected chi connectivity index (χ0v) is 19.6. The Balaban J connectivity index is 1.55. The molecule has 3 aromatic rings. The molecule has 0 spiro atoms. The first-order valence-corrected chi connectivity index (χ1v) is 11.5. The Kier molecular flexibility index (Phi) is 7.33. The first-order chi connectivity index (χ1) is 16.9. The monoisotopic (exact) mass is 482 g/mol. The summed E-state index contributed by atoms with van der Waals surface area (Å²) in [5.41, 5.74) is 1.16. The van der Waals surface area contributed by atoms with Gasteiger partial charge in [0.25, 0.3) is 17.6 Å². The molecule has 2 aromatic heterocycles. The van der Waals surface area contributed by atoms with E-state index in [1.807, 2.05) is 0 Å². The summed E-state index contributed by atoms with van der Waals surface area (Å²) in [4.78, 5) is 46.7. The van der Waals surface area contributed by atoms with E-state index in [9.17, 15) is 18.8 Å². The number of aromatic nitrogens is 4. The van der Waals surface area contributed by atoms with Crippen molar-refractivity contribution < 1.29 is 23.5 Å². The van der Waals surface area contributed by atoms with Gasteiger partial charge in [-0.1, -0.05) is 31.4 Å². The molecule has 10 nitrogen and oxygen atoms in total. The van der Waals surface area contributed by atoms with Crippen LogP contribution in [-0.4, -0.2) is 50.5 Å². The van der Waals surface area contributed by atoms with Crippen molar-refractivity contribution in [1.29, 1.82) is 0 Å². The average Bonchev–Trinajstić information content (AvgIpc) is 3.36. The third-order valence-electron chi connectivity index (χ3n) is 6.26. The van der Waals surface area contributed by atoms with E-state index >= 15 is 0 Å². The molecule has 2 heterocycles. The maximum atomic E-state index is 13.5. The number of amides is 2. The largest absolute Gasteiger partial charge is 0.467 e. The van der Waals surface area contributed by atoms with Crippen LogP contribution in [0.4, 0.5) is 4.39 Å². The molecule has 4 rings (SSSR count). The van der Waals surface area contributed by atoms with Crippen molar-refractivity contribution in [3.63, 3.8) is 0 Å².